The molecule has 112 valence electrons. The molecule has 0 aromatic carbocycles. The van der Waals surface area contributed by atoms with Gasteiger partial charge in [0.1, 0.15) is 12.1 Å². The van der Waals surface area contributed by atoms with Crippen molar-refractivity contribution in [3.8, 4) is 0 Å². The maximum atomic E-state index is 12.4. The molecule has 0 saturated heterocycles. The van der Waals surface area contributed by atoms with Gasteiger partial charge in [0.15, 0.2) is 5.65 Å². The van der Waals surface area contributed by atoms with Crippen LogP contribution in [-0.2, 0) is 4.79 Å². The Balaban J connectivity index is 1.66. The van der Waals surface area contributed by atoms with Crippen LogP contribution >= 0.6 is 0 Å². The minimum Gasteiger partial charge on any atom is -0.328 e. The average Bonchev–Trinajstić information content (AvgIpc) is 2.97. The number of carbonyl (C=O) groups excluding carboxylic acids is 1. The second kappa shape index (κ2) is 5.77. The van der Waals surface area contributed by atoms with Gasteiger partial charge >= 0.3 is 0 Å². The first-order valence-corrected chi connectivity index (χ1v) is 7.35. The molecule has 4 N–H and O–H groups in total. The number of fused-ring (bicyclic) bond motifs is 1. The van der Waals surface area contributed by atoms with E-state index in [0.717, 1.165) is 31.1 Å². The number of nitrogens with zero attached hydrogens (tertiary/aromatic N) is 3. The van der Waals surface area contributed by atoms with Crippen molar-refractivity contribution in [2.24, 2.45) is 17.6 Å². The largest absolute Gasteiger partial charge is 0.328 e. The van der Waals surface area contributed by atoms with Crippen molar-refractivity contribution < 1.29 is 4.79 Å². The molecule has 0 spiro atoms. The Morgan fingerprint density at radius 2 is 2.14 bits per heavy atom. The zero-order valence-electron chi connectivity index (χ0n) is 12.0. The summed E-state index contributed by atoms with van der Waals surface area (Å²) < 4.78 is 0. The molecule has 1 aliphatic rings. The number of nitrogens with two attached hydrogens (primary N) is 1. The summed E-state index contributed by atoms with van der Waals surface area (Å²) in [7, 11) is 0. The lowest BCUT2D eigenvalue weighted by atomic mass is 9.79. The van der Waals surface area contributed by atoms with Gasteiger partial charge in [-0.05, 0) is 38.5 Å². The summed E-state index contributed by atoms with van der Waals surface area (Å²) in [6.45, 7) is 2.04. The van der Waals surface area contributed by atoms with E-state index in [4.69, 9.17) is 5.73 Å². The van der Waals surface area contributed by atoms with E-state index in [1.54, 1.807) is 6.20 Å². The molecule has 2 heterocycles. The SMILES string of the molecule is CC(N)[C@H]1CC[C@H](C(=O)Nc2ncnc3[nH]ncc23)CC1. The summed E-state index contributed by atoms with van der Waals surface area (Å²) in [6.07, 6.45) is 6.84. The van der Waals surface area contributed by atoms with Crippen LogP contribution in [0.15, 0.2) is 12.5 Å². The van der Waals surface area contributed by atoms with Gasteiger partial charge in [0, 0.05) is 12.0 Å². The van der Waals surface area contributed by atoms with Crippen LogP contribution in [0.5, 0.6) is 0 Å². The van der Waals surface area contributed by atoms with Crippen LogP contribution in [0.4, 0.5) is 5.82 Å². The first-order valence-electron chi connectivity index (χ1n) is 7.35. The van der Waals surface area contributed by atoms with Crippen LogP contribution in [0.3, 0.4) is 0 Å². The normalized spacial score (nSPS) is 23.9. The van der Waals surface area contributed by atoms with E-state index >= 15 is 0 Å². The third kappa shape index (κ3) is 2.87. The van der Waals surface area contributed by atoms with E-state index < -0.39 is 0 Å². The highest BCUT2D eigenvalue weighted by Crippen LogP contribution is 2.31. The number of nitrogens with one attached hydrogen (secondary N) is 2. The number of anilines is 1. The third-order valence-electron chi connectivity index (χ3n) is 4.38. The molecule has 1 amide bonds. The molecule has 1 atom stereocenters. The molecule has 21 heavy (non-hydrogen) atoms. The van der Waals surface area contributed by atoms with Gasteiger partial charge in [-0.2, -0.15) is 5.10 Å². The molecular formula is C14H20N6O. The Morgan fingerprint density at radius 1 is 1.38 bits per heavy atom. The van der Waals surface area contributed by atoms with E-state index in [2.05, 4.69) is 25.5 Å². The Labute approximate surface area is 122 Å². The summed E-state index contributed by atoms with van der Waals surface area (Å²) in [5.74, 6) is 1.12. The maximum absolute atomic E-state index is 12.4. The number of aromatic amines is 1. The molecule has 1 unspecified atom stereocenters. The molecule has 7 nitrogen and oxygen atoms in total. The van der Waals surface area contributed by atoms with Crippen molar-refractivity contribution in [3.05, 3.63) is 12.5 Å². The van der Waals surface area contributed by atoms with Crippen LogP contribution in [0, 0.1) is 11.8 Å². The zero-order chi connectivity index (χ0) is 14.8. The van der Waals surface area contributed by atoms with Crippen molar-refractivity contribution in [3.63, 3.8) is 0 Å². The molecule has 7 heteroatoms. The highest BCUT2D eigenvalue weighted by Gasteiger charge is 2.28. The van der Waals surface area contributed by atoms with E-state index in [1.807, 2.05) is 6.92 Å². The van der Waals surface area contributed by atoms with E-state index in [-0.39, 0.29) is 17.9 Å². The first-order chi connectivity index (χ1) is 10.1. The van der Waals surface area contributed by atoms with Crippen molar-refractivity contribution in [1.29, 1.82) is 0 Å². The molecule has 1 fully saturated rings. The second-order valence-electron chi connectivity index (χ2n) is 5.81. The summed E-state index contributed by atoms with van der Waals surface area (Å²) >= 11 is 0. The molecule has 0 aliphatic heterocycles. The smallest absolute Gasteiger partial charge is 0.228 e. The minimum absolute atomic E-state index is 0.0272. The van der Waals surface area contributed by atoms with Gasteiger partial charge in [0.25, 0.3) is 0 Å². The minimum atomic E-state index is 0.0272. The van der Waals surface area contributed by atoms with Crippen molar-refractivity contribution in [2.45, 2.75) is 38.6 Å². The topological polar surface area (TPSA) is 110 Å². The van der Waals surface area contributed by atoms with Gasteiger partial charge in [-0.1, -0.05) is 0 Å². The monoisotopic (exact) mass is 288 g/mol. The molecule has 0 radical (unpaired) electrons. The van der Waals surface area contributed by atoms with Crippen molar-refractivity contribution in [2.75, 3.05) is 5.32 Å². The summed E-state index contributed by atoms with van der Waals surface area (Å²) in [4.78, 5) is 20.6. The Bertz CT molecular complexity index is 629. The van der Waals surface area contributed by atoms with Gasteiger partial charge in [0.05, 0.1) is 11.6 Å². The second-order valence-corrected chi connectivity index (χ2v) is 5.81. The number of rotatable bonds is 3. The number of H-pyrrole nitrogens is 1. The van der Waals surface area contributed by atoms with E-state index in [0.29, 0.717) is 17.4 Å². The molecule has 0 bridgehead atoms. The first kappa shape index (κ1) is 13.9. The fourth-order valence-electron chi connectivity index (χ4n) is 2.99. The van der Waals surface area contributed by atoms with Crippen LogP contribution in [0.1, 0.15) is 32.6 Å². The van der Waals surface area contributed by atoms with Crippen molar-refractivity contribution in [1.82, 2.24) is 20.2 Å². The van der Waals surface area contributed by atoms with Crippen LogP contribution in [-0.4, -0.2) is 32.1 Å². The predicted molar refractivity (Wildman–Crippen MR) is 79.4 cm³/mol. The van der Waals surface area contributed by atoms with Gasteiger partial charge in [-0.3, -0.25) is 9.89 Å². The lowest BCUT2D eigenvalue weighted by molar-refractivity contribution is -0.121. The molecular weight excluding hydrogens is 268 g/mol. The van der Waals surface area contributed by atoms with Crippen LogP contribution in [0.25, 0.3) is 11.0 Å². The molecule has 2 aromatic heterocycles. The Kier molecular flexibility index (Phi) is 3.83. The average molecular weight is 288 g/mol. The zero-order valence-corrected chi connectivity index (χ0v) is 12.0. The Morgan fingerprint density at radius 3 is 2.86 bits per heavy atom. The standard InChI is InChI=1S/C14H20N6O/c1-8(15)9-2-4-10(5-3-9)14(21)19-12-11-6-18-20-13(11)17-7-16-12/h6-10H,2-5,15H2,1H3,(H2,16,17,18,19,20,21)/t8?,9-,10-. The molecule has 2 aromatic rings. The summed E-state index contributed by atoms with van der Waals surface area (Å²) in [6, 6.07) is 0.210. The maximum Gasteiger partial charge on any atom is 0.228 e. The van der Waals surface area contributed by atoms with Gasteiger partial charge in [0.2, 0.25) is 5.91 Å². The molecule has 1 saturated carbocycles. The third-order valence-corrected chi connectivity index (χ3v) is 4.38. The van der Waals surface area contributed by atoms with Gasteiger partial charge in [-0.25, -0.2) is 9.97 Å². The number of carbonyl (C=O) groups is 1. The quantitative estimate of drug-likeness (QED) is 0.791. The summed E-state index contributed by atoms with van der Waals surface area (Å²) in [5.41, 5.74) is 6.56. The van der Waals surface area contributed by atoms with E-state index in [9.17, 15) is 4.79 Å². The fourth-order valence-corrected chi connectivity index (χ4v) is 2.99. The predicted octanol–water partition coefficient (Wildman–Crippen LogP) is 1.44. The highest BCUT2D eigenvalue weighted by atomic mass is 16.1. The molecule has 1 aliphatic carbocycles. The number of hydrogen-bond acceptors (Lipinski definition) is 5. The highest BCUT2D eigenvalue weighted by molar-refractivity contribution is 5.98. The fraction of sp³-hybridized carbons (Fsp3) is 0.571. The number of hydrogen-bond donors (Lipinski definition) is 3. The van der Waals surface area contributed by atoms with Crippen molar-refractivity contribution >= 4 is 22.8 Å². The number of aromatic nitrogens is 4. The number of amides is 1. The lowest BCUT2D eigenvalue weighted by Crippen LogP contribution is -2.33. The van der Waals surface area contributed by atoms with Gasteiger partial charge in [-0.15, -0.1) is 0 Å². The molecule has 3 rings (SSSR count). The lowest BCUT2D eigenvalue weighted by Gasteiger charge is -2.29. The Hall–Kier alpha value is -2.02. The van der Waals surface area contributed by atoms with E-state index in [1.165, 1.54) is 6.33 Å². The summed E-state index contributed by atoms with van der Waals surface area (Å²) in [5, 5.41) is 10.3. The van der Waals surface area contributed by atoms with Gasteiger partial charge < -0.3 is 11.1 Å². The van der Waals surface area contributed by atoms with Crippen LogP contribution < -0.4 is 11.1 Å². The van der Waals surface area contributed by atoms with Crippen LogP contribution in [0.2, 0.25) is 0 Å².